The van der Waals surface area contributed by atoms with Crippen LogP contribution in [0.4, 0.5) is 0 Å². The topological polar surface area (TPSA) is 26.3 Å². The molecule has 82 valence electrons. The fraction of sp³-hybridized carbons (Fsp3) is 0.615. The van der Waals surface area contributed by atoms with Crippen LogP contribution in [0.25, 0.3) is 0 Å². The predicted octanol–water partition coefficient (Wildman–Crippen LogP) is 2.69. The van der Waals surface area contributed by atoms with Gasteiger partial charge in [-0.3, -0.25) is 4.79 Å². The molecule has 2 unspecified atom stereocenters. The van der Waals surface area contributed by atoms with Gasteiger partial charge >= 0.3 is 5.97 Å². The van der Waals surface area contributed by atoms with E-state index >= 15 is 0 Å². The number of terminal acetylenes is 1. The van der Waals surface area contributed by atoms with Crippen molar-refractivity contribution in [1.29, 1.82) is 0 Å². The Morgan fingerprint density at radius 3 is 3.00 bits per heavy atom. The zero-order valence-corrected chi connectivity index (χ0v) is 9.29. The minimum absolute atomic E-state index is 0.234. The predicted molar refractivity (Wildman–Crippen MR) is 60.1 cm³/mol. The van der Waals surface area contributed by atoms with Crippen LogP contribution in [-0.2, 0) is 9.53 Å². The minimum atomic E-state index is -0.682. The monoisotopic (exact) mass is 206 g/mol. The maximum absolute atomic E-state index is 11.1. The second-order valence-electron chi connectivity index (χ2n) is 4.09. The number of allylic oxidation sites excluding steroid dienone is 1. The van der Waals surface area contributed by atoms with Crippen molar-refractivity contribution in [3.05, 3.63) is 12.7 Å². The molecule has 0 heterocycles. The van der Waals surface area contributed by atoms with Crippen molar-refractivity contribution in [3.8, 4) is 12.3 Å². The second kappa shape index (κ2) is 5.02. The van der Waals surface area contributed by atoms with Crippen LogP contribution in [0.3, 0.4) is 0 Å². The summed E-state index contributed by atoms with van der Waals surface area (Å²) in [4.78, 5) is 11.1. The summed E-state index contributed by atoms with van der Waals surface area (Å²) in [6.45, 7) is 5.14. The number of hydrogen-bond donors (Lipinski definition) is 0. The third-order valence-electron chi connectivity index (χ3n) is 3.03. The van der Waals surface area contributed by atoms with Crippen molar-refractivity contribution in [2.75, 3.05) is 0 Å². The van der Waals surface area contributed by atoms with Crippen molar-refractivity contribution in [2.24, 2.45) is 5.92 Å². The van der Waals surface area contributed by atoms with E-state index in [2.05, 4.69) is 12.5 Å². The lowest BCUT2D eigenvalue weighted by atomic mass is 9.74. The van der Waals surface area contributed by atoms with Crippen LogP contribution in [0.15, 0.2) is 12.7 Å². The maximum atomic E-state index is 11.1. The Hall–Kier alpha value is -1.23. The molecule has 0 aromatic carbocycles. The van der Waals surface area contributed by atoms with Gasteiger partial charge in [-0.2, -0.15) is 0 Å². The highest BCUT2D eigenvalue weighted by Crippen LogP contribution is 2.38. The quantitative estimate of drug-likeness (QED) is 0.403. The van der Waals surface area contributed by atoms with Gasteiger partial charge in [0.2, 0.25) is 0 Å². The van der Waals surface area contributed by atoms with Gasteiger partial charge in [-0.25, -0.2) is 0 Å². The lowest BCUT2D eigenvalue weighted by molar-refractivity contribution is -0.158. The zero-order valence-electron chi connectivity index (χ0n) is 9.29. The molecule has 0 aliphatic heterocycles. The minimum Gasteiger partial charge on any atom is -0.446 e. The van der Waals surface area contributed by atoms with Gasteiger partial charge in [0.1, 0.15) is 0 Å². The lowest BCUT2D eigenvalue weighted by Gasteiger charge is -2.39. The van der Waals surface area contributed by atoms with Crippen molar-refractivity contribution < 1.29 is 9.53 Å². The Morgan fingerprint density at radius 1 is 1.73 bits per heavy atom. The van der Waals surface area contributed by atoms with E-state index in [9.17, 15) is 4.79 Å². The molecule has 0 aromatic heterocycles. The number of hydrogen-bond acceptors (Lipinski definition) is 2. The zero-order chi connectivity index (χ0) is 11.3. The fourth-order valence-corrected chi connectivity index (χ4v) is 2.34. The van der Waals surface area contributed by atoms with Crippen molar-refractivity contribution in [3.63, 3.8) is 0 Å². The third kappa shape index (κ3) is 2.62. The highest BCUT2D eigenvalue weighted by Gasteiger charge is 2.41. The summed E-state index contributed by atoms with van der Waals surface area (Å²) in [5.74, 6) is 2.64. The SMILES string of the molecule is C#CC1(OC(C)=O)CCCCC1CC=C. The molecule has 0 saturated heterocycles. The summed E-state index contributed by atoms with van der Waals surface area (Å²) < 4.78 is 5.37. The Bertz CT molecular complexity index is 287. The molecule has 2 heteroatoms. The van der Waals surface area contributed by atoms with Gasteiger partial charge in [0.25, 0.3) is 0 Å². The number of rotatable bonds is 3. The molecule has 0 aromatic rings. The van der Waals surface area contributed by atoms with Crippen LogP contribution in [-0.4, -0.2) is 11.6 Å². The second-order valence-corrected chi connectivity index (χ2v) is 4.09. The first-order valence-corrected chi connectivity index (χ1v) is 5.43. The molecule has 15 heavy (non-hydrogen) atoms. The maximum Gasteiger partial charge on any atom is 0.304 e. The molecule has 1 fully saturated rings. The lowest BCUT2D eigenvalue weighted by Crippen LogP contribution is -2.43. The van der Waals surface area contributed by atoms with E-state index in [4.69, 9.17) is 11.2 Å². The van der Waals surface area contributed by atoms with E-state index in [1.807, 2.05) is 6.08 Å². The smallest absolute Gasteiger partial charge is 0.304 e. The third-order valence-corrected chi connectivity index (χ3v) is 3.03. The fourth-order valence-electron chi connectivity index (χ4n) is 2.34. The number of ether oxygens (including phenoxy) is 1. The molecule has 1 aliphatic rings. The van der Waals surface area contributed by atoms with E-state index in [1.54, 1.807) is 0 Å². The summed E-state index contributed by atoms with van der Waals surface area (Å²) in [6, 6.07) is 0. The standard InChI is InChI=1S/C13H18O2/c1-4-8-12-9-6-7-10-13(12,5-2)15-11(3)14/h2,4,12H,1,6-10H2,3H3. The van der Waals surface area contributed by atoms with Gasteiger partial charge in [0.05, 0.1) is 0 Å². The summed E-state index contributed by atoms with van der Waals surface area (Å²) in [6.07, 6.45) is 12.2. The average molecular weight is 206 g/mol. The molecule has 1 saturated carbocycles. The number of carbonyl (C=O) groups is 1. The summed E-state index contributed by atoms with van der Waals surface area (Å²) >= 11 is 0. The van der Waals surface area contributed by atoms with E-state index in [-0.39, 0.29) is 11.9 Å². The average Bonchev–Trinajstić information content (AvgIpc) is 2.20. The summed E-state index contributed by atoms with van der Waals surface area (Å²) in [5.41, 5.74) is -0.682. The Labute approximate surface area is 91.7 Å². The molecular formula is C13H18O2. The van der Waals surface area contributed by atoms with E-state index < -0.39 is 5.60 Å². The molecule has 2 atom stereocenters. The highest BCUT2D eigenvalue weighted by molar-refractivity contribution is 5.67. The highest BCUT2D eigenvalue weighted by atomic mass is 16.6. The number of carbonyl (C=O) groups excluding carboxylic acids is 1. The molecule has 1 aliphatic carbocycles. The number of esters is 1. The first-order valence-electron chi connectivity index (χ1n) is 5.43. The normalized spacial score (nSPS) is 30.3. The van der Waals surface area contributed by atoms with Gasteiger partial charge in [0.15, 0.2) is 5.60 Å². The van der Waals surface area contributed by atoms with Crippen LogP contribution >= 0.6 is 0 Å². The van der Waals surface area contributed by atoms with E-state index in [1.165, 1.54) is 6.92 Å². The van der Waals surface area contributed by atoms with E-state index in [0.29, 0.717) is 0 Å². The molecular weight excluding hydrogens is 188 g/mol. The van der Waals surface area contributed by atoms with Crippen molar-refractivity contribution in [2.45, 2.75) is 44.6 Å². The van der Waals surface area contributed by atoms with Gasteiger partial charge in [0, 0.05) is 12.8 Å². The Balaban J connectivity index is 2.85. The van der Waals surface area contributed by atoms with Crippen LogP contribution < -0.4 is 0 Å². The van der Waals surface area contributed by atoms with Gasteiger partial charge in [-0.15, -0.1) is 13.0 Å². The molecule has 0 bridgehead atoms. The van der Waals surface area contributed by atoms with E-state index in [0.717, 1.165) is 32.1 Å². The van der Waals surface area contributed by atoms with Crippen LogP contribution in [0.5, 0.6) is 0 Å². The van der Waals surface area contributed by atoms with Gasteiger partial charge < -0.3 is 4.74 Å². The molecule has 2 nitrogen and oxygen atoms in total. The first-order chi connectivity index (χ1) is 7.14. The molecule has 0 radical (unpaired) electrons. The van der Waals surface area contributed by atoms with Crippen LogP contribution in [0.2, 0.25) is 0 Å². The Morgan fingerprint density at radius 2 is 2.47 bits per heavy atom. The molecule has 1 rings (SSSR count). The largest absolute Gasteiger partial charge is 0.446 e. The van der Waals surface area contributed by atoms with Gasteiger partial charge in [-0.05, 0) is 25.7 Å². The summed E-state index contributed by atoms with van der Waals surface area (Å²) in [7, 11) is 0. The van der Waals surface area contributed by atoms with Crippen LogP contribution in [0.1, 0.15) is 39.0 Å². The Kier molecular flexibility index (Phi) is 3.96. The van der Waals surface area contributed by atoms with Crippen LogP contribution in [0, 0.1) is 18.3 Å². The molecule has 0 amide bonds. The van der Waals surface area contributed by atoms with Crippen molar-refractivity contribution >= 4 is 5.97 Å². The molecule has 0 spiro atoms. The van der Waals surface area contributed by atoms with Crippen molar-refractivity contribution in [1.82, 2.24) is 0 Å². The van der Waals surface area contributed by atoms with Gasteiger partial charge in [-0.1, -0.05) is 18.4 Å². The summed E-state index contributed by atoms with van der Waals surface area (Å²) in [5, 5.41) is 0. The molecule has 0 N–H and O–H groups in total. The first kappa shape index (κ1) is 11.8.